The van der Waals surface area contributed by atoms with E-state index >= 15 is 0 Å². The Morgan fingerprint density at radius 1 is 1.05 bits per heavy atom. The highest BCUT2D eigenvalue weighted by Crippen LogP contribution is 2.30. The molecule has 0 bridgehead atoms. The average Bonchev–Trinajstić information content (AvgIpc) is 2.43. The Balaban J connectivity index is 2.15. The molecule has 0 saturated heterocycles. The van der Waals surface area contributed by atoms with Gasteiger partial charge in [-0.2, -0.15) is 0 Å². The Kier molecular flexibility index (Phi) is 4.75. The van der Waals surface area contributed by atoms with Crippen LogP contribution in [0.3, 0.4) is 0 Å². The van der Waals surface area contributed by atoms with E-state index in [1.807, 2.05) is 13.0 Å². The topological polar surface area (TPSA) is 44.5 Å². The third-order valence-electron chi connectivity index (χ3n) is 3.03. The Bertz CT molecular complexity index is 609. The van der Waals surface area contributed by atoms with Crippen LogP contribution in [0.4, 0.5) is 8.78 Å². The van der Waals surface area contributed by atoms with Crippen molar-refractivity contribution in [2.75, 3.05) is 7.11 Å². The van der Waals surface area contributed by atoms with E-state index in [-0.39, 0.29) is 12.6 Å². The zero-order valence-electron chi connectivity index (χ0n) is 11.9. The molecule has 3 nitrogen and oxygen atoms in total. The predicted molar refractivity (Wildman–Crippen MR) is 76.3 cm³/mol. The van der Waals surface area contributed by atoms with Gasteiger partial charge in [-0.05, 0) is 42.3 Å². The number of hydrogen-bond acceptors (Lipinski definition) is 3. The highest BCUT2D eigenvalue weighted by Gasteiger charge is 2.09. The van der Waals surface area contributed by atoms with Gasteiger partial charge in [0.15, 0.2) is 11.5 Å². The molecule has 5 heteroatoms. The largest absolute Gasteiger partial charge is 0.493 e. The van der Waals surface area contributed by atoms with Gasteiger partial charge < -0.3 is 15.2 Å². The summed E-state index contributed by atoms with van der Waals surface area (Å²) in [7, 11) is 1.52. The maximum Gasteiger partial charge on any atom is 0.161 e. The monoisotopic (exact) mass is 293 g/mol. The second-order valence-electron chi connectivity index (χ2n) is 4.77. The Labute approximate surface area is 122 Å². The van der Waals surface area contributed by atoms with E-state index in [0.717, 1.165) is 11.6 Å². The summed E-state index contributed by atoms with van der Waals surface area (Å²) in [5, 5.41) is 0. The Morgan fingerprint density at radius 3 is 2.29 bits per heavy atom. The fraction of sp³-hybridized carbons (Fsp3) is 0.250. The van der Waals surface area contributed by atoms with Crippen LogP contribution in [0.1, 0.15) is 24.1 Å². The lowest BCUT2D eigenvalue weighted by atomic mass is 10.1. The molecule has 0 aliphatic heterocycles. The van der Waals surface area contributed by atoms with Crippen LogP contribution in [-0.2, 0) is 6.61 Å². The van der Waals surface area contributed by atoms with Crippen molar-refractivity contribution < 1.29 is 18.3 Å². The van der Waals surface area contributed by atoms with Gasteiger partial charge in [0.05, 0.1) is 7.11 Å². The number of benzene rings is 2. The first-order valence-corrected chi connectivity index (χ1v) is 6.51. The van der Waals surface area contributed by atoms with Crippen molar-refractivity contribution in [2.45, 2.75) is 19.6 Å². The molecule has 2 N–H and O–H groups in total. The summed E-state index contributed by atoms with van der Waals surface area (Å²) >= 11 is 0. The van der Waals surface area contributed by atoms with Crippen LogP contribution < -0.4 is 15.2 Å². The minimum Gasteiger partial charge on any atom is -0.493 e. The van der Waals surface area contributed by atoms with E-state index in [0.29, 0.717) is 17.1 Å². The van der Waals surface area contributed by atoms with E-state index in [9.17, 15) is 8.78 Å². The lowest BCUT2D eigenvalue weighted by Gasteiger charge is -2.13. The van der Waals surface area contributed by atoms with Gasteiger partial charge in [0.2, 0.25) is 0 Å². The van der Waals surface area contributed by atoms with Gasteiger partial charge in [-0.15, -0.1) is 0 Å². The van der Waals surface area contributed by atoms with E-state index < -0.39 is 11.6 Å². The van der Waals surface area contributed by atoms with Crippen molar-refractivity contribution in [3.05, 3.63) is 59.2 Å². The van der Waals surface area contributed by atoms with Crippen LogP contribution in [0.5, 0.6) is 11.5 Å². The van der Waals surface area contributed by atoms with Gasteiger partial charge in [0.25, 0.3) is 0 Å². The third kappa shape index (κ3) is 3.92. The molecule has 112 valence electrons. The molecular formula is C16H17F2NO2. The summed E-state index contributed by atoms with van der Waals surface area (Å²) in [6, 6.07) is 8.50. The van der Waals surface area contributed by atoms with Crippen molar-refractivity contribution in [1.29, 1.82) is 0 Å². The molecular weight excluding hydrogens is 276 g/mol. The van der Waals surface area contributed by atoms with Crippen LogP contribution in [0.2, 0.25) is 0 Å². The lowest BCUT2D eigenvalue weighted by Crippen LogP contribution is -2.06. The molecule has 0 radical (unpaired) electrons. The summed E-state index contributed by atoms with van der Waals surface area (Å²) in [4.78, 5) is 0. The molecule has 2 rings (SSSR count). The number of ether oxygens (including phenoxy) is 2. The van der Waals surface area contributed by atoms with Crippen LogP contribution in [0.25, 0.3) is 0 Å². The minimum atomic E-state index is -0.632. The summed E-state index contributed by atoms with van der Waals surface area (Å²) in [5.41, 5.74) is 7.13. The molecule has 1 unspecified atom stereocenters. The van der Waals surface area contributed by atoms with Gasteiger partial charge in [-0.3, -0.25) is 0 Å². The summed E-state index contributed by atoms with van der Waals surface area (Å²) in [5.74, 6) is -0.242. The van der Waals surface area contributed by atoms with Crippen molar-refractivity contribution in [1.82, 2.24) is 0 Å². The van der Waals surface area contributed by atoms with Crippen LogP contribution >= 0.6 is 0 Å². The highest BCUT2D eigenvalue weighted by molar-refractivity contribution is 5.43. The number of nitrogens with two attached hydrogens (primary N) is 1. The Hall–Kier alpha value is -2.14. The second-order valence-corrected chi connectivity index (χ2v) is 4.77. The van der Waals surface area contributed by atoms with E-state index in [4.69, 9.17) is 15.2 Å². The molecule has 0 spiro atoms. The van der Waals surface area contributed by atoms with Gasteiger partial charge in [0.1, 0.15) is 18.2 Å². The van der Waals surface area contributed by atoms with Crippen molar-refractivity contribution >= 4 is 0 Å². The summed E-state index contributed by atoms with van der Waals surface area (Å²) in [6.45, 7) is 1.91. The first kappa shape index (κ1) is 15.3. The number of rotatable bonds is 5. The molecule has 0 aromatic heterocycles. The van der Waals surface area contributed by atoms with E-state index in [1.165, 1.54) is 19.2 Å². The Morgan fingerprint density at radius 2 is 1.71 bits per heavy atom. The zero-order valence-corrected chi connectivity index (χ0v) is 11.9. The SMILES string of the molecule is COc1cc(C(C)N)ccc1OCc1cc(F)cc(F)c1. The van der Waals surface area contributed by atoms with E-state index in [1.54, 1.807) is 12.1 Å². The minimum absolute atomic E-state index is 0.0442. The molecule has 21 heavy (non-hydrogen) atoms. The third-order valence-corrected chi connectivity index (χ3v) is 3.03. The molecule has 0 saturated carbocycles. The molecule has 0 heterocycles. The van der Waals surface area contributed by atoms with E-state index in [2.05, 4.69) is 0 Å². The maximum absolute atomic E-state index is 13.1. The average molecular weight is 293 g/mol. The predicted octanol–water partition coefficient (Wildman–Crippen LogP) is 3.57. The van der Waals surface area contributed by atoms with Crippen LogP contribution in [0.15, 0.2) is 36.4 Å². The van der Waals surface area contributed by atoms with Gasteiger partial charge >= 0.3 is 0 Å². The quantitative estimate of drug-likeness (QED) is 0.916. The second kappa shape index (κ2) is 6.54. The lowest BCUT2D eigenvalue weighted by molar-refractivity contribution is 0.283. The first-order valence-electron chi connectivity index (χ1n) is 6.51. The number of halogens is 2. The van der Waals surface area contributed by atoms with Crippen molar-refractivity contribution in [3.63, 3.8) is 0 Å². The van der Waals surface area contributed by atoms with Crippen LogP contribution in [-0.4, -0.2) is 7.11 Å². The van der Waals surface area contributed by atoms with Crippen molar-refractivity contribution in [2.24, 2.45) is 5.73 Å². The molecule has 0 amide bonds. The number of methoxy groups -OCH3 is 1. The van der Waals surface area contributed by atoms with Gasteiger partial charge in [0, 0.05) is 12.1 Å². The molecule has 2 aromatic carbocycles. The maximum atomic E-state index is 13.1. The van der Waals surface area contributed by atoms with Gasteiger partial charge in [-0.1, -0.05) is 6.07 Å². The molecule has 0 aliphatic carbocycles. The normalized spacial score (nSPS) is 12.0. The fourth-order valence-electron chi connectivity index (χ4n) is 1.94. The molecule has 0 aliphatic rings. The standard InChI is InChI=1S/C16H17F2NO2/c1-10(19)12-3-4-15(16(7-12)20-2)21-9-11-5-13(17)8-14(18)6-11/h3-8,10H,9,19H2,1-2H3. The zero-order chi connectivity index (χ0) is 15.4. The summed E-state index contributed by atoms with van der Waals surface area (Å²) in [6.07, 6.45) is 0. The molecule has 1 atom stereocenters. The molecule has 0 fully saturated rings. The van der Waals surface area contributed by atoms with Crippen molar-refractivity contribution in [3.8, 4) is 11.5 Å². The molecule has 2 aromatic rings. The first-order chi connectivity index (χ1) is 9.99. The summed E-state index contributed by atoms with van der Waals surface area (Å²) < 4.78 is 37.0. The smallest absolute Gasteiger partial charge is 0.161 e. The van der Waals surface area contributed by atoms with Gasteiger partial charge in [-0.25, -0.2) is 8.78 Å². The van der Waals surface area contributed by atoms with Crippen LogP contribution in [0, 0.1) is 11.6 Å². The highest BCUT2D eigenvalue weighted by atomic mass is 19.1. The fourth-order valence-corrected chi connectivity index (χ4v) is 1.94. The number of hydrogen-bond donors (Lipinski definition) is 1.